The van der Waals surface area contributed by atoms with Crippen LogP contribution in [0.5, 0.6) is 5.75 Å². The zero-order chi connectivity index (χ0) is 19.2. The third-order valence-corrected chi connectivity index (χ3v) is 4.57. The van der Waals surface area contributed by atoms with Crippen LogP contribution < -0.4 is 19.9 Å². The Morgan fingerprint density at radius 3 is 2.44 bits per heavy atom. The van der Waals surface area contributed by atoms with Crippen molar-refractivity contribution in [2.24, 2.45) is 5.92 Å². The second-order valence-electron chi connectivity index (χ2n) is 7.01. The number of carbonyl (C=O) groups is 1. The molecule has 7 nitrogen and oxygen atoms in total. The number of carbonyl (C=O) groups excluding carboxylic acids is 1. The topological polar surface area (TPSA) is 70.6 Å². The van der Waals surface area contributed by atoms with Gasteiger partial charge in [-0.15, -0.1) is 0 Å². The van der Waals surface area contributed by atoms with Crippen molar-refractivity contribution in [2.75, 3.05) is 49.6 Å². The van der Waals surface area contributed by atoms with Gasteiger partial charge in [-0.3, -0.25) is 4.79 Å². The van der Waals surface area contributed by atoms with Gasteiger partial charge in [0, 0.05) is 32.7 Å². The number of hydrogen-bond donors (Lipinski definition) is 1. The lowest BCUT2D eigenvalue weighted by Gasteiger charge is -2.37. The van der Waals surface area contributed by atoms with Crippen LogP contribution in [0, 0.1) is 5.92 Å². The monoisotopic (exact) mass is 369 g/mol. The van der Waals surface area contributed by atoms with Crippen LogP contribution >= 0.6 is 0 Å². The first-order chi connectivity index (χ1) is 13.1. The highest BCUT2D eigenvalue weighted by molar-refractivity contribution is 5.92. The van der Waals surface area contributed by atoms with Gasteiger partial charge in [-0.25, -0.2) is 9.97 Å². The van der Waals surface area contributed by atoms with Crippen LogP contribution in [0.25, 0.3) is 0 Å². The molecule has 0 atom stereocenters. The van der Waals surface area contributed by atoms with Crippen molar-refractivity contribution in [1.29, 1.82) is 0 Å². The molecule has 0 saturated carbocycles. The summed E-state index contributed by atoms with van der Waals surface area (Å²) in [5.74, 6) is 1.92. The fourth-order valence-electron chi connectivity index (χ4n) is 3.06. The molecule has 2 aromatic rings. The third kappa shape index (κ3) is 4.67. The normalized spacial score (nSPS) is 14.4. The van der Waals surface area contributed by atoms with Crippen molar-refractivity contribution in [2.45, 2.75) is 13.8 Å². The molecule has 1 aliphatic rings. The van der Waals surface area contributed by atoms with E-state index in [4.69, 9.17) is 4.74 Å². The number of nitrogens with one attached hydrogen (secondary N) is 1. The second kappa shape index (κ2) is 8.70. The predicted octanol–water partition coefficient (Wildman–Crippen LogP) is 2.20. The number of benzene rings is 1. The molecular weight excluding hydrogens is 342 g/mol. The van der Waals surface area contributed by atoms with Crippen LogP contribution in [-0.2, 0) is 0 Å². The molecule has 2 heterocycles. The Bertz CT molecular complexity index is 755. The lowest BCUT2D eigenvalue weighted by molar-refractivity contribution is 0.0943. The molecule has 27 heavy (non-hydrogen) atoms. The Morgan fingerprint density at radius 1 is 1.11 bits per heavy atom. The highest BCUT2D eigenvalue weighted by Crippen LogP contribution is 2.28. The molecule has 1 aliphatic heterocycles. The predicted molar refractivity (Wildman–Crippen MR) is 107 cm³/mol. The van der Waals surface area contributed by atoms with E-state index in [1.54, 1.807) is 19.5 Å². The summed E-state index contributed by atoms with van der Waals surface area (Å²) in [5, 5.41) is 2.86. The van der Waals surface area contributed by atoms with Gasteiger partial charge in [0.15, 0.2) is 0 Å². The zero-order valence-corrected chi connectivity index (χ0v) is 16.2. The van der Waals surface area contributed by atoms with Crippen LogP contribution in [0.2, 0.25) is 0 Å². The molecule has 1 aromatic heterocycles. The lowest BCUT2D eigenvalue weighted by Crippen LogP contribution is -2.47. The summed E-state index contributed by atoms with van der Waals surface area (Å²) in [6, 6.07) is 8.07. The Morgan fingerprint density at radius 2 is 1.81 bits per heavy atom. The third-order valence-electron chi connectivity index (χ3n) is 4.57. The number of methoxy groups -OCH3 is 1. The average molecular weight is 369 g/mol. The number of ether oxygens (including phenoxy) is 1. The minimum Gasteiger partial charge on any atom is -0.495 e. The first kappa shape index (κ1) is 18.9. The van der Waals surface area contributed by atoms with Crippen molar-refractivity contribution < 1.29 is 9.53 Å². The lowest BCUT2D eigenvalue weighted by atomic mass is 10.2. The molecule has 1 saturated heterocycles. The van der Waals surface area contributed by atoms with Gasteiger partial charge in [-0.05, 0) is 18.1 Å². The first-order valence-corrected chi connectivity index (χ1v) is 9.31. The largest absolute Gasteiger partial charge is 0.495 e. The van der Waals surface area contributed by atoms with Gasteiger partial charge in [0.1, 0.15) is 17.3 Å². The van der Waals surface area contributed by atoms with Crippen molar-refractivity contribution >= 4 is 17.4 Å². The maximum Gasteiger partial charge on any atom is 0.271 e. The van der Waals surface area contributed by atoms with E-state index in [0.29, 0.717) is 18.2 Å². The molecule has 3 rings (SSSR count). The van der Waals surface area contributed by atoms with Crippen LogP contribution in [0.15, 0.2) is 36.7 Å². The molecule has 1 N–H and O–H groups in total. The average Bonchev–Trinajstić information content (AvgIpc) is 2.72. The van der Waals surface area contributed by atoms with E-state index in [-0.39, 0.29) is 5.91 Å². The SMILES string of the molecule is COc1ccccc1N1CCN(c2cnc(C(=O)NCC(C)C)cn2)CC1. The molecule has 7 heteroatoms. The molecule has 0 unspecified atom stereocenters. The summed E-state index contributed by atoms with van der Waals surface area (Å²) in [4.78, 5) is 25.3. The van der Waals surface area contributed by atoms with Gasteiger partial charge in [0.2, 0.25) is 0 Å². The Hall–Kier alpha value is -2.83. The number of aromatic nitrogens is 2. The molecule has 1 aromatic carbocycles. The molecular formula is C20H27N5O2. The Kier molecular flexibility index (Phi) is 6.11. The summed E-state index contributed by atoms with van der Waals surface area (Å²) in [5.41, 5.74) is 1.47. The van der Waals surface area contributed by atoms with E-state index < -0.39 is 0 Å². The van der Waals surface area contributed by atoms with E-state index in [1.807, 2.05) is 18.2 Å². The number of amides is 1. The molecule has 0 bridgehead atoms. The van der Waals surface area contributed by atoms with E-state index in [1.165, 1.54) is 0 Å². The fourth-order valence-corrected chi connectivity index (χ4v) is 3.06. The minimum absolute atomic E-state index is 0.177. The molecule has 0 spiro atoms. The Balaban J connectivity index is 1.59. The minimum atomic E-state index is -0.177. The molecule has 1 fully saturated rings. The molecule has 0 radical (unpaired) electrons. The number of piperazine rings is 1. The van der Waals surface area contributed by atoms with Crippen molar-refractivity contribution in [1.82, 2.24) is 15.3 Å². The quantitative estimate of drug-likeness (QED) is 0.842. The van der Waals surface area contributed by atoms with E-state index >= 15 is 0 Å². The van der Waals surface area contributed by atoms with Crippen molar-refractivity contribution in [3.05, 3.63) is 42.4 Å². The van der Waals surface area contributed by atoms with E-state index in [2.05, 4.69) is 45.0 Å². The second-order valence-corrected chi connectivity index (χ2v) is 7.01. The molecule has 0 aliphatic carbocycles. The standard InChI is InChI=1S/C20H27N5O2/c1-15(2)12-23-20(26)16-13-22-19(14-21-16)25-10-8-24(9-11-25)17-6-4-5-7-18(17)27-3/h4-7,13-15H,8-12H2,1-3H3,(H,23,26). The summed E-state index contributed by atoms with van der Waals surface area (Å²) < 4.78 is 5.46. The summed E-state index contributed by atoms with van der Waals surface area (Å²) in [6.45, 7) is 8.17. The van der Waals surface area contributed by atoms with E-state index in [9.17, 15) is 4.79 Å². The van der Waals surface area contributed by atoms with Crippen molar-refractivity contribution in [3.63, 3.8) is 0 Å². The van der Waals surface area contributed by atoms with Crippen molar-refractivity contribution in [3.8, 4) is 5.75 Å². The summed E-state index contributed by atoms with van der Waals surface area (Å²) in [7, 11) is 1.70. The van der Waals surface area contributed by atoms with Gasteiger partial charge < -0.3 is 19.9 Å². The summed E-state index contributed by atoms with van der Waals surface area (Å²) in [6.07, 6.45) is 3.24. The number of para-hydroxylation sites is 2. The van der Waals surface area contributed by atoms with Crippen LogP contribution in [0.3, 0.4) is 0 Å². The van der Waals surface area contributed by atoms with Crippen LogP contribution in [-0.4, -0.2) is 55.7 Å². The highest BCUT2D eigenvalue weighted by Gasteiger charge is 2.21. The van der Waals surface area contributed by atoms with Gasteiger partial charge >= 0.3 is 0 Å². The number of rotatable bonds is 6. The molecule has 144 valence electrons. The fraction of sp³-hybridized carbons (Fsp3) is 0.450. The van der Waals surface area contributed by atoms with Gasteiger partial charge in [0.25, 0.3) is 5.91 Å². The van der Waals surface area contributed by atoms with Gasteiger partial charge in [-0.2, -0.15) is 0 Å². The highest BCUT2D eigenvalue weighted by atomic mass is 16.5. The van der Waals surface area contributed by atoms with Crippen LogP contribution in [0.1, 0.15) is 24.3 Å². The van der Waals surface area contributed by atoms with Crippen LogP contribution in [0.4, 0.5) is 11.5 Å². The number of anilines is 2. The van der Waals surface area contributed by atoms with Gasteiger partial charge in [-0.1, -0.05) is 26.0 Å². The first-order valence-electron chi connectivity index (χ1n) is 9.31. The van der Waals surface area contributed by atoms with Gasteiger partial charge in [0.05, 0.1) is 25.2 Å². The smallest absolute Gasteiger partial charge is 0.271 e. The zero-order valence-electron chi connectivity index (χ0n) is 16.2. The number of nitrogens with zero attached hydrogens (tertiary/aromatic N) is 4. The van der Waals surface area contributed by atoms with E-state index in [0.717, 1.165) is 43.4 Å². The summed E-state index contributed by atoms with van der Waals surface area (Å²) >= 11 is 0. The maximum absolute atomic E-state index is 12.1. The maximum atomic E-state index is 12.1. The number of hydrogen-bond acceptors (Lipinski definition) is 6. The molecule has 1 amide bonds. The Labute approximate surface area is 160 Å².